The van der Waals surface area contributed by atoms with Gasteiger partial charge in [-0.1, -0.05) is 38.5 Å². The highest BCUT2D eigenvalue weighted by atomic mass is 15.2. The molecule has 0 spiro atoms. The number of para-hydroxylation sites is 1. The third-order valence-electron chi connectivity index (χ3n) is 3.97. The lowest BCUT2D eigenvalue weighted by Gasteiger charge is -2.34. The maximum atomic E-state index is 3.71. The highest BCUT2D eigenvalue weighted by molar-refractivity contribution is 5.55. The Morgan fingerprint density at radius 2 is 2.05 bits per heavy atom. The Balaban J connectivity index is 2.01. The predicted octanol–water partition coefficient (Wildman–Crippen LogP) is 3.61. The topological polar surface area (TPSA) is 15.3 Å². The van der Waals surface area contributed by atoms with E-state index < -0.39 is 0 Å². The van der Waals surface area contributed by atoms with Crippen LogP contribution in [0.2, 0.25) is 0 Å². The summed E-state index contributed by atoms with van der Waals surface area (Å²) < 4.78 is 0. The lowest BCUT2D eigenvalue weighted by atomic mass is 10.0. The van der Waals surface area contributed by atoms with Crippen LogP contribution in [-0.2, 0) is 6.42 Å². The molecule has 0 saturated heterocycles. The summed E-state index contributed by atoms with van der Waals surface area (Å²) in [5.74, 6) is 0. The molecule has 1 N–H and O–H groups in total. The molecule has 2 nitrogen and oxygen atoms in total. The van der Waals surface area contributed by atoms with Gasteiger partial charge >= 0.3 is 0 Å². The molecule has 0 aliphatic carbocycles. The van der Waals surface area contributed by atoms with Crippen LogP contribution in [0.3, 0.4) is 0 Å². The quantitative estimate of drug-likeness (QED) is 0.805. The smallest absolute Gasteiger partial charge is 0.0399 e. The Bertz CT molecular complexity index is 375. The summed E-state index contributed by atoms with van der Waals surface area (Å²) in [5.41, 5.74) is 2.99. The first-order valence-corrected chi connectivity index (χ1v) is 7.91. The van der Waals surface area contributed by atoms with Gasteiger partial charge in [0.2, 0.25) is 0 Å². The molecule has 1 heterocycles. The Labute approximate surface area is 118 Å². The third-order valence-corrected chi connectivity index (χ3v) is 3.97. The number of hydrogen-bond acceptors (Lipinski definition) is 2. The average Bonchev–Trinajstić information content (AvgIpc) is 2.45. The summed E-state index contributed by atoms with van der Waals surface area (Å²) in [6.07, 6.45) is 6.30. The van der Waals surface area contributed by atoms with Crippen LogP contribution in [0.25, 0.3) is 0 Å². The summed E-state index contributed by atoms with van der Waals surface area (Å²) in [6, 6.07) is 9.55. The molecule has 1 aliphatic rings. The molecular weight excluding hydrogens is 232 g/mol. The summed E-state index contributed by atoms with van der Waals surface area (Å²) in [4.78, 5) is 2.59. The van der Waals surface area contributed by atoms with E-state index in [4.69, 9.17) is 0 Å². The second-order valence-corrected chi connectivity index (χ2v) is 5.62. The van der Waals surface area contributed by atoms with Gasteiger partial charge in [0, 0.05) is 24.8 Å². The van der Waals surface area contributed by atoms with E-state index in [0.29, 0.717) is 6.04 Å². The van der Waals surface area contributed by atoms with Crippen molar-refractivity contribution in [3.8, 4) is 0 Å². The number of nitrogens with zero attached hydrogens (tertiary/aromatic N) is 1. The fourth-order valence-corrected chi connectivity index (χ4v) is 3.02. The Hall–Kier alpha value is -1.02. The van der Waals surface area contributed by atoms with Crippen LogP contribution >= 0.6 is 0 Å². The van der Waals surface area contributed by atoms with E-state index in [-0.39, 0.29) is 0 Å². The van der Waals surface area contributed by atoms with Gasteiger partial charge in [-0.15, -0.1) is 0 Å². The van der Waals surface area contributed by atoms with E-state index >= 15 is 0 Å². The molecule has 1 aliphatic heterocycles. The maximum absolute atomic E-state index is 3.71. The molecule has 19 heavy (non-hydrogen) atoms. The molecule has 1 unspecified atom stereocenters. The van der Waals surface area contributed by atoms with Crippen LogP contribution in [-0.4, -0.2) is 25.7 Å². The van der Waals surface area contributed by atoms with E-state index in [1.165, 1.54) is 49.9 Å². The molecule has 1 aromatic carbocycles. The first kappa shape index (κ1) is 14.4. The van der Waals surface area contributed by atoms with Crippen molar-refractivity contribution in [2.75, 3.05) is 24.5 Å². The minimum atomic E-state index is 0.635. The van der Waals surface area contributed by atoms with Crippen molar-refractivity contribution in [1.82, 2.24) is 5.32 Å². The second kappa shape index (κ2) is 7.54. The van der Waals surface area contributed by atoms with Crippen LogP contribution in [0.4, 0.5) is 5.69 Å². The van der Waals surface area contributed by atoms with Crippen molar-refractivity contribution in [1.29, 1.82) is 0 Å². The predicted molar refractivity (Wildman–Crippen MR) is 84.0 cm³/mol. The molecule has 1 atom stereocenters. The van der Waals surface area contributed by atoms with E-state index in [9.17, 15) is 0 Å². The number of benzene rings is 1. The van der Waals surface area contributed by atoms with Gasteiger partial charge in [0.25, 0.3) is 0 Å². The van der Waals surface area contributed by atoms with Crippen LogP contribution < -0.4 is 10.2 Å². The number of anilines is 1. The lowest BCUT2D eigenvalue weighted by molar-refractivity contribution is 0.463. The number of nitrogens with one attached hydrogen (secondary N) is 1. The van der Waals surface area contributed by atoms with Crippen molar-refractivity contribution < 1.29 is 0 Å². The molecule has 0 amide bonds. The lowest BCUT2D eigenvalue weighted by Crippen LogP contribution is -2.43. The van der Waals surface area contributed by atoms with Crippen LogP contribution in [0.1, 0.15) is 45.1 Å². The molecule has 106 valence electrons. The van der Waals surface area contributed by atoms with Gasteiger partial charge in [0.05, 0.1) is 0 Å². The van der Waals surface area contributed by atoms with Crippen molar-refractivity contribution in [3.05, 3.63) is 29.8 Å². The van der Waals surface area contributed by atoms with Gasteiger partial charge in [0.15, 0.2) is 0 Å². The fourth-order valence-electron chi connectivity index (χ4n) is 3.02. The maximum Gasteiger partial charge on any atom is 0.0399 e. The summed E-state index contributed by atoms with van der Waals surface area (Å²) in [7, 11) is 0. The molecule has 2 rings (SSSR count). The number of rotatable bonds is 7. The molecule has 2 heteroatoms. The number of aryl methyl sites for hydroxylation is 1. The highest BCUT2D eigenvalue weighted by Crippen LogP contribution is 2.26. The van der Waals surface area contributed by atoms with Gasteiger partial charge in [-0.2, -0.15) is 0 Å². The van der Waals surface area contributed by atoms with Crippen molar-refractivity contribution in [2.45, 2.75) is 52.0 Å². The standard InChI is InChI=1S/C17H28N2/c1-3-8-16(18-12-4-2)14-19-13-7-10-15-9-5-6-11-17(15)19/h5-6,9,11,16,18H,3-4,7-8,10,12-14H2,1-2H3. The molecule has 0 saturated carbocycles. The third kappa shape index (κ3) is 3.97. The zero-order chi connectivity index (χ0) is 13.5. The van der Waals surface area contributed by atoms with E-state index in [2.05, 4.69) is 48.3 Å². The Morgan fingerprint density at radius 1 is 1.21 bits per heavy atom. The average molecular weight is 260 g/mol. The van der Waals surface area contributed by atoms with Gasteiger partial charge in [-0.3, -0.25) is 0 Å². The minimum Gasteiger partial charge on any atom is -0.370 e. The Morgan fingerprint density at radius 3 is 2.84 bits per heavy atom. The zero-order valence-corrected chi connectivity index (χ0v) is 12.5. The molecular formula is C17H28N2. The van der Waals surface area contributed by atoms with Crippen LogP contribution in [0.5, 0.6) is 0 Å². The SMILES string of the molecule is CCCNC(CCC)CN1CCCc2ccccc21. The first-order valence-electron chi connectivity index (χ1n) is 7.91. The largest absolute Gasteiger partial charge is 0.370 e. The van der Waals surface area contributed by atoms with Crippen molar-refractivity contribution >= 4 is 5.69 Å². The molecule has 0 fully saturated rings. The van der Waals surface area contributed by atoms with Crippen molar-refractivity contribution in [3.63, 3.8) is 0 Å². The molecule has 0 radical (unpaired) electrons. The molecule has 1 aromatic rings. The van der Waals surface area contributed by atoms with Gasteiger partial charge in [0.1, 0.15) is 0 Å². The summed E-state index contributed by atoms with van der Waals surface area (Å²) in [5, 5.41) is 3.71. The van der Waals surface area contributed by atoms with E-state index in [1.54, 1.807) is 0 Å². The fraction of sp³-hybridized carbons (Fsp3) is 0.647. The normalized spacial score (nSPS) is 16.2. The highest BCUT2D eigenvalue weighted by Gasteiger charge is 2.19. The van der Waals surface area contributed by atoms with E-state index in [0.717, 1.165) is 13.1 Å². The minimum absolute atomic E-state index is 0.635. The van der Waals surface area contributed by atoms with Gasteiger partial charge in [-0.05, 0) is 43.9 Å². The summed E-state index contributed by atoms with van der Waals surface area (Å²) >= 11 is 0. The number of hydrogen-bond donors (Lipinski definition) is 1. The molecule has 0 bridgehead atoms. The first-order chi connectivity index (χ1) is 9.35. The zero-order valence-electron chi connectivity index (χ0n) is 12.5. The van der Waals surface area contributed by atoms with E-state index in [1.807, 2.05) is 0 Å². The second-order valence-electron chi connectivity index (χ2n) is 5.62. The van der Waals surface area contributed by atoms with Crippen molar-refractivity contribution in [2.24, 2.45) is 0 Å². The number of fused-ring (bicyclic) bond motifs is 1. The van der Waals surface area contributed by atoms with Gasteiger partial charge < -0.3 is 10.2 Å². The monoisotopic (exact) mass is 260 g/mol. The molecule has 0 aromatic heterocycles. The van der Waals surface area contributed by atoms with Crippen LogP contribution in [0, 0.1) is 0 Å². The Kier molecular flexibility index (Phi) is 5.71. The summed E-state index contributed by atoms with van der Waals surface area (Å²) in [6.45, 7) is 8.03. The van der Waals surface area contributed by atoms with Crippen LogP contribution in [0.15, 0.2) is 24.3 Å². The van der Waals surface area contributed by atoms with Gasteiger partial charge in [-0.25, -0.2) is 0 Å².